The third kappa shape index (κ3) is 2.94. The molecule has 1 amide bonds. The van der Waals surface area contributed by atoms with Crippen molar-refractivity contribution >= 4 is 21.8 Å². The third-order valence-corrected chi connectivity index (χ3v) is 5.00. The van der Waals surface area contributed by atoms with Crippen LogP contribution >= 0.6 is 15.9 Å². The van der Waals surface area contributed by atoms with Gasteiger partial charge in [-0.3, -0.25) is 4.79 Å². The minimum Gasteiger partial charge on any atom is -0.496 e. The van der Waals surface area contributed by atoms with Crippen molar-refractivity contribution in [2.75, 3.05) is 7.11 Å². The van der Waals surface area contributed by atoms with Crippen molar-refractivity contribution < 1.29 is 9.53 Å². The summed E-state index contributed by atoms with van der Waals surface area (Å²) in [5.41, 5.74) is 7.50. The van der Waals surface area contributed by atoms with Gasteiger partial charge in [0.15, 0.2) is 0 Å². The Morgan fingerprint density at radius 2 is 2.10 bits per heavy atom. The number of rotatable bonds is 3. The Kier molecular flexibility index (Phi) is 4.22. The molecule has 1 saturated carbocycles. The molecule has 1 aliphatic heterocycles. The molecule has 2 unspecified atom stereocenters. The van der Waals surface area contributed by atoms with Gasteiger partial charge >= 0.3 is 0 Å². The molecule has 0 bridgehead atoms. The second-order valence-electron chi connectivity index (χ2n) is 5.93. The van der Waals surface area contributed by atoms with Crippen LogP contribution < -0.4 is 10.5 Å². The first-order valence-corrected chi connectivity index (χ1v) is 8.31. The number of ether oxygens (including phenoxy) is 1. The van der Waals surface area contributed by atoms with Crippen LogP contribution in [0.5, 0.6) is 5.75 Å². The topological polar surface area (TPSA) is 55.6 Å². The van der Waals surface area contributed by atoms with Crippen molar-refractivity contribution in [2.24, 2.45) is 5.73 Å². The van der Waals surface area contributed by atoms with Crippen LogP contribution in [0.4, 0.5) is 0 Å². The van der Waals surface area contributed by atoms with E-state index in [-0.39, 0.29) is 18.0 Å². The Labute approximate surface area is 133 Å². The van der Waals surface area contributed by atoms with Crippen LogP contribution in [0.3, 0.4) is 0 Å². The van der Waals surface area contributed by atoms with E-state index in [1.54, 1.807) is 7.11 Å². The second-order valence-corrected chi connectivity index (χ2v) is 6.78. The molecule has 2 atom stereocenters. The lowest BCUT2D eigenvalue weighted by molar-refractivity contribution is -0.133. The number of carbonyl (C=O) groups is 1. The monoisotopic (exact) mass is 352 g/mol. The number of nitrogens with two attached hydrogens (primary N) is 1. The predicted octanol–water partition coefficient (Wildman–Crippen LogP) is 3.00. The lowest BCUT2D eigenvalue weighted by Gasteiger charge is -2.34. The second kappa shape index (κ2) is 5.97. The van der Waals surface area contributed by atoms with E-state index in [0.717, 1.165) is 41.5 Å². The number of carbonyl (C=O) groups excluding carboxylic acids is 1. The van der Waals surface area contributed by atoms with Gasteiger partial charge in [-0.05, 0) is 59.3 Å². The first-order chi connectivity index (χ1) is 10.1. The minimum absolute atomic E-state index is 0.00246. The van der Waals surface area contributed by atoms with Gasteiger partial charge in [0.25, 0.3) is 0 Å². The molecular formula is C16H21BrN2O2. The summed E-state index contributed by atoms with van der Waals surface area (Å²) in [5.74, 6) is 1.05. The smallest absolute Gasteiger partial charge is 0.223 e. The number of amides is 1. The fourth-order valence-corrected chi connectivity index (χ4v) is 3.75. The van der Waals surface area contributed by atoms with Crippen LogP contribution in [0.25, 0.3) is 0 Å². The molecule has 1 aromatic rings. The summed E-state index contributed by atoms with van der Waals surface area (Å²) in [6.07, 6.45) is 4.61. The lowest BCUT2D eigenvalue weighted by atomic mass is 9.96. The molecule has 2 fully saturated rings. The van der Waals surface area contributed by atoms with Gasteiger partial charge < -0.3 is 15.4 Å². The number of halogens is 1. The summed E-state index contributed by atoms with van der Waals surface area (Å²) >= 11 is 3.53. The molecule has 2 aliphatic rings. The molecule has 114 valence electrons. The summed E-state index contributed by atoms with van der Waals surface area (Å²) in [6, 6.07) is 6.37. The number of nitrogens with zero attached hydrogens (tertiary/aromatic N) is 1. The zero-order valence-electron chi connectivity index (χ0n) is 12.2. The van der Waals surface area contributed by atoms with Crippen LogP contribution in [0.1, 0.15) is 43.7 Å². The highest BCUT2D eigenvalue weighted by atomic mass is 79.9. The molecule has 21 heavy (non-hydrogen) atoms. The quantitative estimate of drug-likeness (QED) is 0.909. The van der Waals surface area contributed by atoms with Crippen LogP contribution in [0.2, 0.25) is 0 Å². The van der Waals surface area contributed by atoms with E-state index >= 15 is 0 Å². The van der Waals surface area contributed by atoms with Crippen LogP contribution in [-0.4, -0.2) is 30.0 Å². The molecule has 1 aromatic carbocycles. The average molecular weight is 353 g/mol. The van der Waals surface area contributed by atoms with E-state index in [2.05, 4.69) is 15.9 Å². The number of likely N-dealkylation sites (tertiary alicyclic amines) is 1. The number of hydrogen-bond donors (Lipinski definition) is 1. The molecule has 1 aliphatic carbocycles. The van der Waals surface area contributed by atoms with Crippen LogP contribution in [0, 0.1) is 0 Å². The summed E-state index contributed by atoms with van der Waals surface area (Å²) in [7, 11) is 1.65. The predicted molar refractivity (Wildman–Crippen MR) is 85.1 cm³/mol. The lowest BCUT2D eigenvalue weighted by Crippen LogP contribution is -2.43. The Morgan fingerprint density at radius 3 is 2.71 bits per heavy atom. The number of hydrogen-bond acceptors (Lipinski definition) is 3. The average Bonchev–Trinajstić information content (AvgIpc) is 3.28. The van der Waals surface area contributed by atoms with Gasteiger partial charge in [0.2, 0.25) is 5.91 Å². The van der Waals surface area contributed by atoms with E-state index in [4.69, 9.17) is 10.5 Å². The number of benzene rings is 1. The number of methoxy groups -OCH3 is 1. The van der Waals surface area contributed by atoms with Crippen molar-refractivity contribution in [3.63, 3.8) is 0 Å². The first-order valence-electron chi connectivity index (χ1n) is 7.52. The highest BCUT2D eigenvalue weighted by molar-refractivity contribution is 9.10. The van der Waals surface area contributed by atoms with Gasteiger partial charge in [-0.25, -0.2) is 0 Å². The zero-order valence-corrected chi connectivity index (χ0v) is 13.8. The Balaban J connectivity index is 1.98. The normalized spacial score (nSPS) is 26.6. The molecule has 0 radical (unpaired) electrons. The van der Waals surface area contributed by atoms with Crippen molar-refractivity contribution in [3.8, 4) is 5.75 Å². The Bertz CT molecular complexity index is 545. The molecular weight excluding hydrogens is 332 g/mol. The summed E-state index contributed by atoms with van der Waals surface area (Å²) in [5, 5.41) is 0. The molecule has 4 nitrogen and oxygen atoms in total. The maximum atomic E-state index is 12.5. The third-order valence-electron chi connectivity index (χ3n) is 4.38. The van der Waals surface area contributed by atoms with Gasteiger partial charge in [0.05, 0.1) is 17.6 Å². The molecule has 2 N–H and O–H groups in total. The van der Waals surface area contributed by atoms with E-state index in [1.807, 2.05) is 23.1 Å². The maximum Gasteiger partial charge on any atom is 0.223 e. The van der Waals surface area contributed by atoms with E-state index in [0.29, 0.717) is 12.5 Å². The van der Waals surface area contributed by atoms with E-state index < -0.39 is 0 Å². The van der Waals surface area contributed by atoms with Crippen molar-refractivity contribution in [1.82, 2.24) is 4.90 Å². The zero-order chi connectivity index (χ0) is 15.0. The van der Waals surface area contributed by atoms with E-state index in [1.165, 1.54) is 0 Å². The highest BCUT2D eigenvalue weighted by Gasteiger charge is 2.41. The molecule has 1 heterocycles. The summed E-state index contributed by atoms with van der Waals surface area (Å²) < 4.78 is 6.19. The van der Waals surface area contributed by atoms with Gasteiger partial charge in [0, 0.05) is 18.5 Å². The largest absolute Gasteiger partial charge is 0.496 e. The van der Waals surface area contributed by atoms with Gasteiger partial charge in [-0.15, -0.1) is 0 Å². The van der Waals surface area contributed by atoms with Gasteiger partial charge in [-0.1, -0.05) is 6.07 Å². The fourth-order valence-electron chi connectivity index (χ4n) is 3.20. The Hall–Kier alpha value is -1.07. The SMILES string of the molecule is COc1ccc(C2C(N)CCCC(=O)N2C2CC2)cc1Br. The maximum absolute atomic E-state index is 12.5. The summed E-state index contributed by atoms with van der Waals surface area (Å²) in [6.45, 7) is 0. The fraction of sp³-hybridized carbons (Fsp3) is 0.562. The molecule has 0 aromatic heterocycles. The molecule has 1 saturated heterocycles. The molecule has 3 rings (SSSR count). The standard InChI is InChI=1S/C16H21BrN2O2/c1-21-14-8-5-10(9-12(14)17)16-13(18)3-2-4-15(20)19(16)11-6-7-11/h5,8-9,11,13,16H,2-4,6-7,18H2,1H3. The van der Waals surface area contributed by atoms with Gasteiger partial charge in [0.1, 0.15) is 5.75 Å². The van der Waals surface area contributed by atoms with Crippen molar-refractivity contribution in [2.45, 2.75) is 50.2 Å². The molecule has 5 heteroatoms. The molecule has 0 spiro atoms. The Morgan fingerprint density at radius 1 is 1.33 bits per heavy atom. The highest BCUT2D eigenvalue weighted by Crippen LogP contribution is 2.40. The summed E-state index contributed by atoms with van der Waals surface area (Å²) in [4.78, 5) is 14.5. The van der Waals surface area contributed by atoms with Crippen molar-refractivity contribution in [3.05, 3.63) is 28.2 Å². The van der Waals surface area contributed by atoms with Crippen LogP contribution in [0.15, 0.2) is 22.7 Å². The minimum atomic E-state index is -0.0188. The van der Waals surface area contributed by atoms with E-state index in [9.17, 15) is 4.79 Å². The van der Waals surface area contributed by atoms with Gasteiger partial charge in [-0.2, -0.15) is 0 Å². The van der Waals surface area contributed by atoms with Crippen molar-refractivity contribution in [1.29, 1.82) is 0 Å². The first kappa shape index (κ1) is 14.9. The van der Waals surface area contributed by atoms with Crippen LogP contribution in [-0.2, 0) is 4.79 Å².